The summed E-state index contributed by atoms with van der Waals surface area (Å²) in [4.78, 5) is 26.3. The Morgan fingerprint density at radius 1 is 1.32 bits per heavy atom. The number of nitrogens with zero attached hydrogens (tertiary/aromatic N) is 1. The fourth-order valence-electron chi connectivity index (χ4n) is 3.36. The monoisotopic (exact) mass is 346 g/mol. The van der Waals surface area contributed by atoms with Gasteiger partial charge >= 0.3 is 0 Å². The smallest absolute Gasteiger partial charge is 0.226 e. The van der Waals surface area contributed by atoms with Crippen LogP contribution >= 0.6 is 0 Å². The van der Waals surface area contributed by atoms with E-state index in [1.54, 1.807) is 0 Å². The van der Waals surface area contributed by atoms with E-state index in [1.807, 2.05) is 30.0 Å². The Kier molecular flexibility index (Phi) is 5.79. The number of rotatable bonds is 6. The van der Waals surface area contributed by atoms with E-state index in [0.717, 1.165) is 43.0 Å². The number of amides is 2. The van der Waals surface area contributed by atoms with Crippen LogP contribution in [0.4, 0.5) is 0 Å². The number of carbonyl (C=O) groups is 2. The van der Waals surface area contributed by atoms with Crippen molar-refractivity contribution in [1.29, 1.82) is 0 Å². The molecule has 0 spiro atoms. The lowest BCUT2D eigenvalue weighted by atomic mass is 9.96. The van der Waals surface area contributed by atoms with E-state index in [-0.39, 0.29) is 17.7 Å². The molecule has 0 bridgehead atoms. The maximum atomic E-state index is 12.4. The van der Waals surface area contributed by atoms with Crippen LogP contribution in [-0.2, 0) is 16.0 Å². The molecule has 6 heteroatoms. The van der Waals surface area contributed by atoms with E-state index in [9.17, 15) is 9.59 Å². The lowest BCUT2D eigenvalue weighted by molar-refractivity contribution is -0.130. The zero-order valence-corrected chi connectivity index (χ0v) is 14.8. The van der Waals surface area contributed by atoms with Crippen LogP contribution in [0.2, 0.25) is 0 Å². The molecule has 1 aromatic rings. The average Bonchev–Trinajstić information content (AvgIpc) is 3.16. The van der Waals surface area contributed by atoms with Crippen LogP contribution in [-0.4, -0.2) is 49.6 Å². The van der Waals surface area contributed by atoms with Crippen molar-refractivity contribution >= 4 is 11.8 Å². The molecule has 6 nitrogen and oxygen atoms in total. The van der Waals surface area contributed by atoms with Crippen molar-refractivity contribution in [3.8, 4) is 11.5 Å². The number of hydrogen-bond donors (Lipinski definition) is 1. The van der Waals surface area contributed by atoms with Crippen molar-refractivity contribution in [3.63, 3.8) is 0 Å². The molecule has 1 fully saturated rings. The van der Waals surface area contributed by atoms with E-state index < -0.39 is 0 Å². The molecule has 25 heavy (non-hydrogen) atoms. The van der Waals surface area contributed by atoms with Crippen molar-refractivity contribution in [3.05, 3.63) is 23.8 Å². The van der Waals surface area contributed by atoms with E-state index >= 15 is 0 Å². The van der Waals surface area contributed by atoms with Crippen LogP contribution in [0, 0.1) is 5.92 Å². The first-order valence-electron chi connectivity index (χ1n) is 9.11. The summed E-state index contributed by atoms with van der Waals surface area (Å²) in [5, 5.41) is 2.88. The number of likely N-dealkylation sites (tertiary alicyclic amines) is 1. The van der Waals surface area contributed by atoms with Crippen molar-refractivity contribution in [1.82, 2.24) is 10.2 Å². The van der Waals surface area contributed by atoms with Gasteiger partial charge in [-0.15, -0.1) is 0 Å². The molecule has 0 radical (unpaired) electrons. The number of benzene rings is 1. The first-order chi connectivity index (χ1) is 12.2. The number of hydrogen-bond acceptors (Lipinski definition) is 4. The van der Waals surface area contributed by atoms with Crippen LogP contribution in [0.15, 0.2) is 18.2 Å². The van der Waals surface area contributed by atoms with Crippen molar-refractivity contribution in [2.24, 2.45) is 5.92 Å². The van der Waals surface area contributed by atoms with Crippen LogP contribution in [0.1, 0.15) is 31.7 Å². The number of ether oxygens (including phenoxy) is 2. The normalized spacial score (nSPS) is 19.1. The summed E-state index contributed by atoms with van der Waals surface area (Å²) in [6, 6.07) is 5.71. The lowest BCUT2D eigenvalue weighted by Gasteiger charge is -2.25. The Bertz CT molecular complexity index is 626. The average molecular weight is 346 g/mol. The predicted octanol–water partition coefficient (Wildman–Crippen LogP) is 1.77. The molecule has 3 rings (SSSR count). The Morgan fingerprint density at radius 2 is 2.12 bits per heavy atom. The number of nitrogens with one attached hydrogen (secondary N) is 1. The molecule has 0 aliphatic carbocycles. The maximum Gasteiger partial charge on any atom is 0.226 e. The van der Waals surface area contributed by atoms with Crippen molar-refractivity contribution in [2.45, 2.75) is 32.6 Å². The molecule has 0 saturated carbocycles. The zero-order chi connectivity index (χ0) is 17.6. The zero-order valence-electron chi connectivity index (χ0n) is 14.8. The van der Waals surface area contributed by atoms with Gasteiger partial charge in [0.25, 0.3) is 0 Å². The second-order valence-corrected chi connectivity index (χ2v) is 6.54. The van der Waals surface area contributed by atoms with Gasteiger partial charge < -0.3 is 19.7 Å². The van der Waals surface area contributed by atoms with Gasteiger partial charge in [-0.2, -0.15) is 0 Å². The Hall–Kier alpha value is -2.24. The summed E-state index contributed by atoms with van der Waals surface area (Å²) in [7, 11) is 0. The van der Waals surface area contributed by atoms with Crippen molar-refractivity contribution < 1.29 is 19.1 Å². The number of carbonyl (C=O) groups excluding carboxylic acids is 2. The summed E-state index contributed by atoms with van der Waals surface area (Å²) < 4.78 is 11.2. The highest BCUT2D eigenvalue weighted by atomic mass is 16.5. The van der Waals surface area contributed by atoms with Gasteiger partial charge in [-0.3, -0.25) is 9.59 Å². The van der Waals surface area contributed by atoms with Gasteiger partial charge in [0.15, 0.2) is 0 Å². The molecule has 1 aromatic carbocycles. The quantitative estimate of drug-likeness (QED) is 0.852. The topological polar surface area (TPSA) is 67.9 Å². The van der Waals surface area contributed by atoms with Gasteiger partial charge in [-0.1, -0.05) is 0 Å². The summed E-state index contributed by atoms with van der Waals surface area (Å²) in [5.41, 5.74) is 0.991. The van der Waals surface area contributed by atoms with Gasteiger partial charge in [0.2, 0.25) is 11.8 Å². The molecular weight excluding hydrogens is 320 g/mol. The third-order valence-electron chi connectivity index (χ3n) is 4.72. The number of fused-ring (bicyclic) bond motifs is 1. The van der Waals surface area contributed by atoms with E-state index in [4.69, 9.17) is 9.47 Å². The molecule has 2 aliphatic heterocycles. The molecular formula is C19H26N2O4. The lowest BCUT2D eigenvalue weighted by Crippen LogP contribution is -2.39. The van der Waals surface area contributed by atoms with E-state index in [1.165, 1.54) is 0 Å². The minimum atomic E-state index is -0.230. The molecule has 1 N–H and O–H groups in total. The summed E-state index contributed by atoms with van der Waals surface area (Å²) in [5.74, 6) is 1.45. The second-order valence-electron chi connectivity index (χ2n) is 6.54. The first-order valence-corrected chi connectivity index (χ1v) is 9.11. The van der Waals surface area contributed by atoms with Gasteiger partial charge in [0.1, 0.15) is 18.1 Å². The SMILES string of the molecule is CCOc1ccc2c(c1)C[C@@H](C(=O)NCCC(=O)N1CCCC1)CO2. The molecule has 0 aromatic heterocycles. The van der Waals surface area contributed by atoms with E-state index in [2.05, 4.69) is 5.32 Å². The largest absolute Gasteiger partial charge is 0.494 e. The standard InChI is InChI=1S/C19H26N2O4/c1-2-24-16-5-6-17-14(12-16)11-15(13-25-17)19(23)20-8-7-18(22)21-9-3-4-10-21/h5-6,12,15H,2-4,7-11,13H2,1H3,(H,20,23)/t15-/m1/s1. The van der Waals surface area contributed by atoms with Crippen LogP contribution in [0.3, 0.4) is 0 Å². The molecule has 0 unspecified atom stereocenters. The Labute approximate surface area is 148 Å². The summed E-state index contributed by atoms with van der Waals surface area (Å²) in [6.45, 7) is 5.00. The van der Waals surface area contributed by atoms with Crippen molar-refractivity contribution in [2.75, 3.05) is 32.8 Å². The highest BCUT2D eigenvalue weighted by molar-refractivity contribution is 5.81. The second kappa shape index (κ2) is 8.23. The third kappa shape index (κ3) is 4.44. The molecule has 136 valence electrons. The van der Waals surface area contributed by atoms with Gasteiger partial charge in [0.05, 0.1) is 12.5 Å². The Balaban J connectivity index is 1.48. The summed E-state index contributed by atoms with van der Waals surface area (Å²) in [6.07, 6.45) is 3.16. The highest BCUT2D eigenvalue weighted by Crippen LogP contribution is 2.30. The Morgan fingerprint density at radius 3 is 2.88 bits per heavy atom. The molecule has 1 atom stereocenters. The van der Waals surface area contributed by atoms with Gasteiger partial charge in [-0.05, 0) is 49.9 Å². The van der Waals surface area contributed by atoms with Crippen LogP contribution in [0.5, 0.6) is 11.5 Å². The minimum Gasteiger partial charge on any atom is -0.494 e. The fraction of sp³-hybridized carbons (Fsp3) is 0.579. The molecule has 1 saturated heterocycles. The van der Waals surface area contributed by atoms with Crippen LogP contribution in [0.25, 0.3) is 0 Å². The third-order valence-corrected chi connectivity index (χ3v) is 4.72. The van der Waals surface area contributed by atoms with E-state index in [0.29, 0.717) is 32.6 Å². The minimum absolute atomic E-state index is 0.0540. The highest BCUT2D eigenvalue weighted by Gasteiger charge is 2.26. The molecule has 2 amide bonds. The fourth-order valence-corrected chi connectivity index (χ4v) is 3.36. The predicted molar refractivity (Wildman–Crippen MR) is 93.7 cm³/mol. The molecule has 2 aliphatic rings. The van der Waals surface area contributed by atoms with Gasteiger partial charge in [-0.25, -0.2) is 0 Å². The van der Waals surface area contributed by atoms with Crippen LogP contribution < -0.4 is 14.8 Å². The first kappa shape index (κ1) is 17.6. The molecule has 2 heterocycles. The van der Waals surface area contributed by atoms with Gasteiger partial charge in [0, 0.05) is 26.1 Å². The maximum absolute atomic E-state index is 12.4. The summed E-state index contributed by atoms with van der Waals surface area (Å²) >= 11 is 0.